The molecule has 110 valence electrons. The highest BCUT2D eigenvalue weighted by Crippen LogP contribution is 2.22. The van der Waals surface area contributed by atoms with Gasteiger partial charge < -0.3 is 9.30 Å². The maximum Gasteiger partial charge on any atom is 0.233 e. The minimum Gasteiger partial charge on any atom is -0.474 e. The fourth-order valence-electron chi connectivity index (χ4n) is 2.36. The summed E-state index contributed by atoms with van der Waals surface area (Å²) in [7, 11) is 0. The Balaban J connectivity index is 1.90. The van der Waals surface area contributed by atoms with E-state index in [2.05, 4.69) is 11.9 Å². The van der Waals surface area contributed by atoms with E-state index in [-0.39, 0.29) is 11.9 Å². The van der Waals surface area contributed by atoms with Gasteiger partial charge in [0, 0.05) is 16.8 Å². The molecule has 0 saturated heterocycles. The molecule has 0 saturated carbocycles. The molecule has 3 rings (SSSR count). The molecule has 0 aliphatic carbocycles. The first-order valence-corrected chi connectivity index (χ1v) is 7.36. The van der Waals surface area contributed by atoms with Gasteiger partial charge in [0.15, 0.2) is 0 Å². The highest BCUT2D eigenvalue weighted by Gasteiger charge is 2.21. The first-order chi connectivity index (χ1) is 10.2. The van der Waals surface area contributed by atoms with Crippen LogP contribution in [0, 0.1) is 5.82 Å². The van der Waals surface area contributed by atoms with Gasteiger partial charge in [-0.25, -0.2) is 9.38 Å². The SMILES string of the molecule is CC[C@@H]1COC(c2cccn2Cc2c(F)cccc2Cl)=N1. The summed E-state index contributed by atoms with van der Waals surface area (Å²) in [6.07, 6.45) is 2.83. The van der Waals surface area contributed by atoms with Crippen LogP contribution in [0.1, 0.15) is 24.6 Å². The van der Waals surface area contributed by atoms with Crippen LogP contribution in [0.4, 0.5) is 4.39 Å². The van der Waals surface area contributed by atoms with Gasteiger partial charge in [0.1, 0.15) is 18.1 Å². The summed E-state index contributed by atoms with van der Waals surface area (Å²) in [5, 5.41) is 0.426. The van der Waals surface area contributed by atoms with Gasteiger partial charge in [-0.2, -0.15) is 0 Å². The zero-order valence-electron chi connectivity index (χ0n) is 11.7. The molecule has 0 fully saturated rings. The molecule has 0 radical (unpaired) electrons. The minimum absolute atomic E-state index is 0.209. The van der Waals surface area contributed by atoms with E-state index < -0.39 is 0 Å². The van der Waals surface area contributed by atoms with Crippen molar-refractivity contribution in [2.75, 3.05) is 6.61 Å². The third-order valence-corrected chi connectivity index (χ3v) is 3.98. The van der Waals surface area contributed by atoms with Crippen LogP contribution in [0.5, 0.6) is 0 Å². The Morgan fingerprint density at radius 2 is 2.24 bits per heavy atom. The van der Waals surface area contributed by atoms with Crippen molar-refractivity contribution in [3.63, 3.8) is 0 Å². The van der Waals surface area contributed by atoms with E-state index in [1.54, 1.807) is 12.1 Å². The van der Waals surface area contributed by atoms with Gasteiger partial charge in [0.2, 0.25) is 5.90 Å². The zero-order chi connectivity index (χ0) is 14.8. The van der Waals surface area contributed by atoms with Crippen molar-refractivity contribution in [3.05, 3.63) is 58.6 Å². The molecule has 1 aliphatic rings. The van der Waals surface area contributed by atoms with Crippen molar-refractivity contribution < 1.29 is 9.13 Å². The van der Waals surface area contributed by atoms with Crippen LogP contribution in [-0.2, 0) is 11.3 Å². The maximum atomic E-state index is 13.9. The monoisotopic (exact) mass is 306 g/mol. The predicted molar refractivity (Wildman–Crippen MR) is 81.5 cm³/mol. The number of hydrogen-bond donors (Lipinski definition) is 0. The van der Waals surface area contributed by atoms with Crippen LogP contribution in [0.15, 0.2) is 41.5 Å². The summed E-state index contributed by atoms with van der Waals surface area (Å²) in [5.74, 6) is 0.321. The third kappa shape index (κ3) is 2.81. The molecule has 5 heteroatoms. The summed E-state index contributed by atoms with van der Waals surface area (Å²) in [5.41, 5.74) is 1.33. The van der Waals surface area contributed by atoms with E-state index >= 15 is 0 Å². The first-order valence-electron chi connectivity index (χ1n) is 6.98. The third-order valence-electron chi connectivity index (χ3n) is 3.62. The molecular weight excluding hydrogens is 291 g/mol. The van der Waals surface area contributed by atoms with Crippen molar-refractivity contribution in [2.45, 2.75) is 25.9 Å². The van der Waals surface area contributed by atoms with Crippen LogP contribution < -0.4 is 0 Å². The predicted octanol–water partition coefficient (Wildman–Crippen LogP) is 3.88. The second-order valence-corrected chi connectivity index (χ2v) is 5.44. The lowest BCUT2D eigenvalue weighted by molar-refractivity contribution is 0.313. The van der Waals surface area contributed by atoms with Crippen LogP contribution in [0.2, 0.25) is 5.02 Å². The van der Waals surface area contributed by atoms with Crippen LogP contribution >= 0.6 is 11.6 Å². The first kappa shape index (κ1) is 14.1. The molecule has 2 heterocycles. The second kappa shape index (κ2) is 5.90. The second-order valence-electron chi connectivity index (χ2n) is 5.03. The number of nitrogens with zero attached hydrogens (tertiary/aromatic N) is 2. The Labute approximate surface area is 128 Å². The molecule has 1 aliphatic heterocycles. The fraction of sp³-hybridized carbons (Fsp3) is 0.312. The van der Waals surface area contributed by atoms with Crippen molar-refractivity contribution >= 4 is 17.5 Å². The number of aliphatic imine (C=N–C) groups is 1. The van der Waals surface area contributed by atoms with E-state index in [0.29, 0.717) is 29.6 Å². The van der Waals surface area contributed by atoms with Crippen molar-refractivity contribution in [2.24, 2.45) is 4.99 Å². The van der Waals surface area contributed by atoms with Crippen molar-refractivity contribution in [1.29, 1.82) is 0 Å². The van der Waals surface area contributed by atoms with E-state index in [1.165, 1.54) is 6.07 Å². The standard InChI is InChI=1S/C16H16ClFN2O/c1-2-11-10-21-16(19-11)15-7-4-8-20(15)9-12-13(17)5-3-6-14(12)18/h3-8,11H,2,9-10H2,1H3/t11-/m1/s1. The largest absolute Gasteiger partial charge is 0.474 e. The molecule has 2 aromatic rings. The van der Waals surface area contributed by atoms with Gasteiger partial charge >= 0.3 is 0 Å². The van der Waals surface area contributed by atoms with Crippen LogP contribution in [0.25, 0.3) is 0 Å². The molecule has 1 atom stereocenters. The molecule has 1 aromatic heterocycles. The van der Waals surface area contributed by atoms with E-state index in [0.717, 1.165) is 12.1 Å². The Morgan fingerprint density at radius 3 is 2.95 bits per heavy atom. The lowest BCUT2D eigenvalue weighted by atomic mass is 10.2. The molecule has 0 bridgehead atoms. The number of hydrogen-bond acceptors (Lipinski definition) is 2. The lowest BCUT2D eigenvalue weighted by Crippen LogP contribution is -2.11. The minimum atomic E-state index is -0.303. The normalized spacial score (nSPS) is 17.7. The molecule has 0 spiro atoms. The highest BCUT2D eigenvalue weighted by molar-refractivity contribution is 6.31. The topological polar surface area (TPSA) is 26.5 Å². The number of halogens is 2. The van der Waals surface area contributed by atoms with Crippen molar-refractivity contribution in [1.82, 2.24) is 4.57 Å². The van der Waals surface area contributed by atoms with Gasteiger partial charge in [-0.3, -0.25) is 0 Å². The average molecular weight is 307 g/mol. The molecule has 3 nitrogen and oxygen atoms in total. The smallest absolute Gasteiger partial charge is 0.233 e. The maximum absolute atomic E-state index is 13.9. The number of ether oxygens (including phenoxy) is 1. The number of rotatable bonds is 4. The van der Waals surface area contributed by atoms with E-state index in [4.69, 9.17) is 16.3 Å². The van der Waals surface area contributed by atoms with Gasteiger partial charge in [-0.05, 0) is 30.7 Å². The van der Waals surface area contributed by atoms with Crippen LogP contribution in [-0.4, -0.2) is 23.1 Å². The molecule has 21 heavy (non-hydrogen) atoms. The Morgan fingerprint density at radius 1 is 1.38 bits per heavy atom. The molecule has 0 unspecified atom stereocenters. The van der Waals surface area contributed by atoms with Gasteiger partial charge in [-0.15, -0.1) is 0 Å². The van der Waals surface area contributed by atoms with Gasteiger partial charge in [0.05, 0.1) is 12.6 Å². The number of benzene rings is 1. The fourth-order valence-corrected chi connectivity index (χ4v) is 2.59. The van der Waals surface area contributed by atoms with Crippen LogP contribution in [0.3, 0.4) is 0 Å². The summed E-state index contributed by atoms with van der Waals surface area (Å²) >= 11 is 6.09. The average Bonchev–Trinajstić information content (AvgIpc) is 3.11. The number of aromatic nitrogens is 1. The summed E-state index contributed by atoms with van der Waals surface area (Å²) in [4.78, 5) is 4.54. The zero-order valence-corrected chi connectivity index (χ0v) is 12.5. The van der Waals surface area contributed by atoms with Gasteiger partial charge in [0.25, 0.3) is 0 Å². The highest BCUT2D eigenvalue weighted by atomic mass is 35.5. The summed E-state index contributed by atoms with van der Waals surface area (Å²) < 4.78 is 21.5. The van der Waals surface area contributed by atoms with Crippen molar-refractivity contribution in [3.8, 4) is 0 Å². The van der Waals surface area contributed by atoms with E-state index in [1.807, 2.05) is 22.9 Å². The Kier molecular flexibility index (Phi) is 3.97. The summed E-state index contributed by atoms with van der Waals surface area (Å²) in [6.45, 7) is 3.04. The molecule has 1 aromatic carbocycles. The van der Waals surface area contributed by atoms with E-state index in [9.17, 15) is 4.39 Å². The van der Waals surface area contributed by atoms with Gasteiger partial charge in [-0.1, -0.05) is 24.6 Å². The summed E-state index contributed by atoms with van der Waals surface area (Å²) in [6, 6.07) is 8.75. The lowest BCUT2D eigenvalue weighted by Gasteiger charge is -2.11. The Bertz CT molecular complexity index is 660. The molecule has 0 amide bonds. The Hall–Kier alpha value is -1.81. The quantitative estimate of drug-likeness (QED) is 0.842. The molecule has 0 N–H and O–H groups in total. The molecular formula is C16H16ClFN2O.